The van der Waals surface area contributed by atoms with Crippen LogP contribution in [0.15, 0.2) is 17.0 Å². The van der Waals surface area contributed by atoms with E-state index in [0.717, 1.165) is 9.86 Å². The lowest BCUT2D eigenvalue weighted by Gasteiger charge is -2.17. The number of anilines is 1. The van der Waals surface area contributed by atoms with Crippen LogP contribution in [-0.4, -0.2) is 61.8 Å². The van der Waals surface area contributed by atoms with Crippen LogP contribution in [0, 0.1) is 0 Å². The van der Waals surface area contributed by atoms with E-state index in [1.807, 2.05) is 0 Å². The highest BCUT2D eigenvalue weighted by atomic mass is 79.9. The van der Waals surface area contributed by atoms with Gasteiger partial charge in [-0.3, -0.25) is 0 Å². The van der Waals surface area contributed by atoms with Crippen molar-refractivity contribution in [3.8, 4) is 0 Å². The highest BCUT2D eigenvalue weighted by Crippen LogP contribution is 2.36. The quantitative estimate of drug-likeness (QED) is 0.603. The second-order valence-electron chi connectivity index (χ2n) is 4.78. The van der Waals surface area contributed by atoms with Crippen molar-refractivity contribution >= 4 is 32.8 Å². The smallest absolute Gasteiger partial charge is 0.164 e. The highest BCUT2D eigenvalue weighted by molar-refractivity contribution is 9.10. The minimum absolute atomic E-state index is 0.369. The van der Waals surface area contributed by atoms with Crippen LogP contribution in [0.1, 0.15) is 6.23 Å². The summed E-state index contributed by atoms with van der Waals surface area (Å²) in [5.74, 6) is 0.636. The molecule has 9 heteroatoms. The Labute approximate surface area is 128 Å². The maximum Gasteiger partial charge on any atom is 0.164 e. The largest absolute Gasteiger partial charge is 0.394 e. The molecule has 0 spiro atoms. The van der Waals surface area contributed by atoms with Gasteiger partial charge < -0.3 is 29.9 Å². The number of aliphatic hydroxyl groups excluding tert-OH is 3. The Hall–Kier alpha value is -1.26. The van der Waals surface area contributed by atoms with Gasteiger partial charge in [-0.25, -0.2) is 9.97 Å². The standard InChI is InChI=1S/C12H15BrN4O4/c1-14-10-7-5(13)2-17(11(7)16-4-15-10)12-9(20)8(19)6(3-18)21-12/h2,4,6,8-9,12,18-20H,3H2,1H3,(H,14,15,16)/t6-,8+,9+,12-/m0/s1. The second kappa shape index (κ2) is 5.50. The molecule has 0 saturated carbocycles. The maximum absolute atomic E-state index is 10.1. The summed E-state index contributed by atoms with van der Waals surface area (Å²) >= 11 is 3.43. The van der Waals surface area contributed by atoms with E-state index in [9.17, 15) is 10.2 Å². The van der Waals surface area contributed by atoms with Gasteiger partial charge in [-0.05, 0) is 15.9 Å². The third-order valence-electron chi connectivity index (χ3n) is 3.59. The number of hydrogen-bond acceptors (Lipinski definition) is 7. The van der Waals surface area contributed by atoms with Gasteiger partial charge >= 0.3 is 0 Å². The van der Waals surface area contributed by atoms with E-state index in [0.29, 0.717) is 11.5 Å². The molecule has 2 aromatic rings. The zero-order valence-electron chi connectivity index (χ0n) is 11.1. The van der Waals surface area contributed by atoms with Crippen LogP contribution in [0.25, 0.3) is 11.0 Å². The Morgan fingerprint density at radius 1 is 1.38 bits per heavy atom. The van der Waals surface area contributed by atoms with E-state index < -0.39 is 24.5 Å². The van der Waals surface area contributed by atoms with Gasteiger partial charge in [0.2, 0.25) is 0 Å². The first-order chi connectivity index (χ1) is 10.1. The van der Waals surface area contributed by atoms with Crippen LogP contribution in [0.2, 0.25) is 0 Å². The van der Waals surface area contributed by atoms with Crippen LogP contribution < -0.4 is 5.32 Å². The fourth-order valence-corrected chi connectivity index (χ4v) is 3.12. The van der Waals surface area contributed by atoms with E-state index in [-0.39, 0.29) is 6.61 Å². The number of rotatable bonds is 3. The number of nitrogens with zero attached hydrogens (tertiary/aromatic N) is 3. The monoisotopic (exact) mass is 358 g/mol. The molecule has 4 atom stereocenters. The average Bonchev–Trinajstić information content (AvgIpc) is 2.98. The van der Waals surface area contributed by atoms with Gasteiger partial charge in [-0.2, -0.15) is 0 Å². The Morgan fingerprint density at radius 2 is 2.14 bits per heavy atom. The lowest BCUT2D eigenvalue weighted by Crippen LogP contribution is -2.33. The summed E-state index contributed by atoms with van der Waals surface area (Å²) < 4.78 is 7.88. The zero-order valence-corrected chi connectivity index (χ0v) is 12.7. The third kappa shape index (κ3) is 2.21. The SMILES string of the molecule is CNc1ncnc2c1c(Br)cn2[C@H]1O[C@@H](CO)[C@@H](O)[C@H]1O. The van der Waals surface area contributed by atoms with Crippen molar-refractivity contribution in [3.63, 3.8) is 0 Å². The molecule has 4 N–H and O–H groups in total. The fraction of sp³-hybridized carbons (Fsp3) is 0.500. The van der Waals surface area contributed by atoms with E-state index in [2.05, 4.69) is 31.2 Å². The van der Waals surface area contributed by atoms with Gasteiger partial charge in [0.1, 0.15) is 36.1 Å². The molecule has 114 valence electrons. The van der Waals surface area contributed by atoms with Crippen LogP contribution in [0.3, 0.4) is 0 Å². The Kier molecular flexibility index (Phi) is 3.84. The minimum atomic E-state index is -1.15. The number of aliphatic hydroxyl groups is 3. The number of halogens is 1. The molecular weight excluding hydrogens is 344 g/mol. The molecule has 0 bridgehead atoms. The molecule has 0 unspecified atom stereocenters. The molecule has 8 nitrogen and oxygen atoms in total. The molecule has 1 saturated heterocycles. The minimum Gasteiger partial charge on any atom is -0.394 e. The summed E-state index contributed by atoms with van der Waals surface area (Å²) in [5.41, 5.74) is 0.552. The predicted molar refractivity (Wildman–Crippen MR) is 77.8 cm³/mol. The summed E-state index contributed by atoms with van der Waals surface area (Å²) in [6.07, 6.45) is -0.851. The average molecular weight is 359 g/mol. The molecular formula is C12H15BrN4O4. The normalized spacial score (nSPS) is 29.2. The summed E-state index contributed by atoms with van der Waals surface area (Å²) in [7, 11) is 1.75. The Balaban J connectivity index is 2.10. The van der Waals surface area contributed by atoms with Gasteiger partial charge in [-0.15, -0.1) is 0 Å². The van der Waals surface area contributed by atoms with E-state index in [1.54, 1.807) is 17.8 Å². The van der Waals surface area contributed by atoms with Crippen molar-refractivity contribution < 1.29 is 20.1 Å². The lowest BCUT2D eigenvalue weighted by atomic mass is 10.1. The summed E-state index contributed by atoms with van der Waals surface area (Å²) in [6.45, 7) is -0.369. The van der Waals surface area contributed by atoms with Gasteiger partial charge in [0.15, 0.2) is 6.23 Å². The number of nitrogens with one attached hydrogen (secondary N) is 1. The molecule has 1 aliphatic rings. The first-order valence-corrected chi connectivity index (χ1v) is 7.19. The topological polar surface area (TPSA) is 113 Å². The molecule has 1 aliphatic heterocycles. The molecule has 1 fully saturated rings. The zero-order chi connectivity index (χ0) is 15.1. The van der Waals surface area contributed by atoms with Crippen LogP contribution in [-0.2, 0) is 4.74 Å². The molecule has 0 amide bonds. The summed E-state index contributed by atoms with van der Waals surface area (Å²) in [6, 6.07) is 0. The number of aromatic nitrogens is 3. The van der Waals surface area contributed by atoms with Crippen LogP contribution in [0.4, 0.5) is 5.82 Å². The van der Waals surface area contributed by atoms with Crippen molar-refractivity contribution in [3.05, 3.63) is 17.0 Å². The van der Waals surface area contributed by atoms with Gasteiger partial charge in [0.25, 0.3) is 0 Å². The van der Waals surface area contributed by atoms with E-state index >= 15 is 0 Å². The number of ether oxygens (including phenoxy) is 1. The van der Waals surface area contributed by atoms with Crippen LogP contribution in [0.5, 0.6) is 0 Å². The third-order valence-corrected chi connectivity index (χ3v) is 4.19. The molecule has 21 heavy (non-hydrogen) atoms. The highest BCUT2D eigenvalue weighted by Gasteiger charge is 2.44. The second-order valence-corrected chi connectivity index (χ2v) is 5.64. The van der Waals surface area contributed by atoms with Gasteiger partial charge in [0, 0.05) is 17.7 Å². The van der Waals surface area contributed by atoms with Gasteiger partial charge in [-0.1, -0.05) is 0 Å². The Morgan fingerprint density at radius 3 is 2.76 bits per heavy atom. The van der Waals surface area contributed by atoms with E-state index in [1.165, 1.54) is 6.33 Å². The molecule has 0 aromatic carbocycles. The first-order valence-electron chi connectivity index (χ1n) is 6.39. The predicted octanol–water partition coefficient (Wildman–Crippen LogP) is -0.153. The Bertz CT molecular complexity index is 664. The van der Waals surface area contributed by atoms with Crippen molar-refractivity contribution in [2.75, 3.05) is 19.0 Å². The first kappa shape index (κ1) is 14.7. The summed E-state index contributed by atoms with van der Waals surface area (Å²) in [5, 5.41) is 32.9. The molecule has 2 aromatic heterocycles. The van der Waals surface area contributed by atoms with Crippen molar-refractivity contribution in [2.45, 2.75) is 24.5 Å². The summed E-state index contributed by atoms with van der Waals surface area (Å²) in [4.78, 5) is 8.35. The molecule has 3 heterocycles. The lowest BCUT2D eigenvalue weighted by molar-refractivity contribution is -0.0509. The van der Waals surface area contributed by atoms with Crippen molar-refractivity contribution in [1.29, 1.82) is 0 Å². The molecule has 0 radical (unpaired) electrons. The molecule has 0 aliphatic carbocycles. The van der Waals surface area contributed by atoms with Crippen molar-refractivity contribution in [1.82, 2.24) is 14.5 Å². The van der Waals surface area contributed by atoms with Gasteiger partial charge in [0.05, 0.1) is 12.0 Å². The molecule has 3 rings (SSSR count). The van der Waals surface area contributed by atoms with E-state index in [4.69, 9.17) is 9.84 Å². The van der Waals surface area contributed by atoms with Crippen molar-refractivity contribution in [2.24, 2.45) is 0 Å². The number of fused-ring (bicyclic) bond motifs is 1. The maximum atomic E-state index is 10.1. The fourth-order valence-electron chi connectivity index (χ4n) is 2.53. The number of hydrogen-bond donors (Lipinski definition) is 4. The van der Waals surface area contributed by atoms with Crippen LogP contribution >= 0.6 is 15.9 Å².